The lowest BCUT2D eigenvalue weighted by molar-refractivity contribution is -0.136. The molecule has 1 fully saturated rings. The van der Waals surface area contributed by atoms with E-state index in [1.54, 1.807) is 13.8 Å². The van der Waals surface area contributed by atoms with E-state index in [9.17, 15) is 9.59 Å². The summed E-state index contributed by atoms with van der Waals surface area (Å²) in [6.07, 6.45) is 8.41. The Bertz CT molecular complexity index is 1220. The highest BCUT2D eigenvalue weighted by atomic mass is 16.2. The molecule has 8 nitrogen and oxygen atoms in total. The molecular weight excluding hydrogens is 452 g/mol. The van der Waals surface area contributed by atoms with Gasteiger partial charge in [0.05, 0.1) is 11.7 Å². The number of amides is 2. The first-order valence-electron chi connectivity index (χ1n) is 12.6. The van der Waals surface area contributed by atoms with Gasteiger partial charge in [-0.1, -0.05) is 26.0 Å². The van der Waals surface area contributed by atoms with Crippen LogP contribution >= 0.6 is 0 Å². The number of hydrogen-bond donors (Lipinski definition) is 3. The topological polar surface area (TPSA) is 128 Å². The zero-order valence-corrected chi connectivity index (χ0v) is 21.6. The molecule has 2 aromatic rings. The molecule has 2 amide bonds. The summed E-state index contributed by atoms with van der Waals surface area (Å²) < 4.78 is 0. The van der Waals surface area contributed by atoms with E-state index in [1.807, 2.05) is 17.0 Å². The molecule has 0 spiro atoms. The number of aromatic nitrogens is 2. The molecule has 0 bridgehead atoms. The zero-order valence-electron chi connectivity index (χ0n) is 21.6. The summed E-state index contributed by atoms with van der Waals surface area (Å²) in [5.41, 5.74) is 9.91. The van der Waals surface area contributed by atoms with Crippen molar-refractivity contribution in [2.45, 2.75) is 71.3 Å². The highest BCUT2D eigenvalue weighted by molar-refractivity contribution is 6.03. The molecule has 0 atom stereocenters. The Morgan fingerprint density at radius 3 is 2.58 bits per heavy atom. The molecule has 4 N–H and O–H groups in total. The third kappa shape index (κ3) is 5.68. The van der Waals surface area contributed by atoms with E-state index in [0.717, 1.165) is 43.4 Å². The number of carbonyl (C=O) groups is 2. The van der Waals surface area contributed by atoms with Gasteiger partial charge in [-0.05, 0) is 80.6 Å². The number of nitrogens with two attached hydrogens (primary N) is 1. The lowest BCUT2D eigenvalue weighted by Crippen LogP contribution is -2.53. The van der Waals surface area contributed by atoms with Crippen molar-refractivity contribution in [1.29, 1.82) is 5.26 Å². The fourth-order valence-electron chi connectivity index (χ4n) is 5.01. The molecule has 8 heteroatoms. The first-order valence-corrected chi connectivity index (χ1v) is 12.6. The van der Waals surface area contributed by atoms with Crippen LogP contribution < -0.4 is 11.1 Å². The van der Waals surface area contributed by atoms with Gasteiger partial charge in [-0.25, -0.2) is 4.98 Å². The summed E-state index contributed by atoms with van der Waals surface area (Å²) in [5, 5.41) is 12.0. The first-order chi connectivity index (χ1) is 17.0. The van der Waals surface area contributed by atoms with E-state index in [4.69, 9.17) is 11.0 Å². The Morgan fingerprint density at radius 1 is 1.28 bits per heavy atom. The molecular formula is C28H36N6O2. The number of rotatable bonds is 5. The van der Waals surface area contributed by atoms with Crippen molar-refractivity contribution in [2.75, 3.05) is 18.4 Å². The number of imidazole rings is 1. The summed E-state index contributed by atoms with van der Waals surface area (Å²) in [4.78, 5) is 34.1. The minimum Gasteiger partial charge on any atom is -0.341 e. The van der Waals surface area contributed by atoms with Crippen LogP contribution in [0.1, 0.15) is 93.2 Å². The lowest BCUT2D eigenvalue weighted by atomic mass is 9.76. The highest BCUT2D eigenvalue weighted by Crippen LogP contribution is 2.41. The normalized spacial score (nSPS) is 18.3. The Morgan fingerprint density at radius 2 is 2.00 bits per heavy atom. The van der Waals surface area contributed by atoms with E-state index in [1.165, 1.54) is 17.3 Å². The maximum atomic E-state index is 12.9. The van der Waals surface area contributed by atoms with Crippen LogP contribution in [0.15, 0.2) is 30.5 Å². The van der Waals surface area contributed by atoms with Crippen molar-refractivity contribution in [3.8, 4) is 6.07 Å². The van der Waals surface area contributed by atoms with E-state index < -0.39 is 5.54 Å². The number of aromatic amines is 1. The molecule has 1 aromatic carbocycles. The van der Waals surface area contributed by atoms with Crippen LogP contribution in [0, 0.1) is 16.7 Å². The molecule has 0 unspecified atom stereocenters. The molecule has 36 heavy (non-hydrogen) atoms. The molecule has 1 aliphatic carbocycles. The smallest absolute Gasteiger partial charge is 0.291 e. The predicted octanol–water partition coefficient (Wildman–Crippen LogP) is 4.57. The summed E-state index contributed by atoms with van der Waals surface area (Å²) in [6, 6.07) is 8.21. The van der Waals surface area contributed by atoms with Gasteiger partial charge < -0.3 is 20.9 Å². The largest absolute Gasteiger partial charge is 0.341 e. The molecule has 2 aliphatic rings. The second kappa shape index (κ2) is 9.90. The number of likely N-dealkylation sites (tertiary alicyclic amines) is 1. The number of nitrogens with one attached hydrogen (secondary N) is 2. The van der Waals surface area contributed by atoms with Gasteiger partial charge in [0.25, 0.3) is 5.91 Å². The third-order valence-corrected chi connectivity index (χ3v) is 7.33. The number of allylic oxidation sites excluding steroid dienone is 2. The van der Waals surface area contributed by atoms with Gasteiger partial charge in [-0.15, -0.1) is 0 Å². The van der Waals surface area contributed by atoms with Crippen molar-refractivity contribution in [3.63, 3.8) is 0 Å². The van der Waals surface area contributed by atoms with Gasteiger partial charge in [-0.2, -0.15) is 5.26 Å². The van der Waals surface area contributed by atoms with Crippen LogP contribution in [0.3, 0.4) is 0 Å². The van der Waals surface area contributed by atoms with Crippen LogP contribution in [-0.4, -0.2) is 45.3 Å². The molecule has 2 heterocycles. The van der Waals surface area contributed by atoms with Gasteiger partial charge in [0.1, 0.15) is 11.8 Å². The molecule has 0 saturated carbocycles. The van der Waals surface area contributed by atoms with Gasteiger partial charge >= 0.3 is 0 Å². The summed E-state index contributed by atoms with van der Waals surface area (Å²) in [6.45, 7) is 9.44. The van der Waals surface area contributed by atoms with Crippen LogP contribution in [0.25, 0.3) is 5.57 Å². The third-order valence-electron chi connectivity index (χ3n) is 7.33. The van der Waals surface area contributed by atoms with Gasteiger partial charge in [0, 0.05) is 24.3 Å². The zero-order chi connectivity index (χ0) is 26.1. The number of nitrogens with zero attached hydrogens (tertiary/aromatic N) is 3. The average molecular weight is 489 g/mol. The van der Waals surface area contributed by atoms with Crippen molar-refractivity contribution < 1.29 is 9.59 Å². The van der Waals surface area contributed by atoms with Gasteiger partial charge in [0.2, 0.25) is 5.91 Å². The lowest BCUT2D eigenvalue weighted by Gasteiger charge is -2.36. The van der Waals surface area contributed by atoms with Crippen molar-refractivity contribution in [3.05, 3.63) is 53.1 Å². The summed E-state index contributed by atoms with van der Waals surface area (Å²) in [5.74, 6) is 0.0631. The van der Waals surface area contributed by atoms with Crippen molar-refractivity contribution in [1.82, 2.24) is 14.9 Å². The van der Waals surface area contributed by atoms with E-state index >= 15 is 0 Å². The number of carbonyl (C=O) groups excluding carboxylic acids is 2. The SMILES string of the molecule is CC1(C)CC=C(c2cc(C3CCN(C(=O)C(C)(C)N)CC3)ccc2NC(=O)c2ncc(C#N)[nH]2)CC1. The minimum absolute atomic E-state index is 0.00726. The fourth-order valence-corrected chi connectivity index (χ4v) is 5.01. The molecule has 0 radical (unpaired) electrons. The first kappa shape index (κ1) is 25.6. The van der Waals surface area contributed by atoms with Crippen LogP contribution in [-0.2, 0) is 4.79 Å². The molecule has 1 saturated heterocycles. The Hall–Kier alpha value is -3.44. The second-order valence-electron chi connectivity index (χ2n) is 11.4. The molecule has 190 valence electrons. The average Bonchev–Trinajstić information content (AvgIpc) is 3.33. The van der Waals surface area contributed by atoms with Crippen molar-refractivity contribution in [2.24, 2.45) is 11.1 Å². The van der Waals surface area contributed by atoms with Gasteiger partial charge in [0.15, 0.2) is 5.82 Å². The Labute approximate surface area is 213 Å². The summed E-state index contributed by atoms with van der Waals surface area (Å²) >= 11 is 0. The number of piperidine rings is 1. The van der Waals surface area contributed by atoms with E-state index in [2.05, 4.69) is 47.3 Å². The fraction of sp³-hybridized carbons (Fsp3) is 0.500. The predicted molar refractivity (Wildman–Crippen MR) is 140 cm³/mol. The molecule has 1 aliphatic heterocycles. The number of anilines is 1. The Kier molecular flexibility index (Phi) is 7.05. The van der Waals surface area contributed by atoms with E-state index in [-0.39, 0.29) is 28.7 Å². The highest BCUT2D eigenvalue weighted by Gasteiger charge is 2.32. The minimum atomic E-state index is -0.858. The van der Waals surface area contributed by atoms with Crippen LogP contribution in [0.4, 0.5) is 5.69 Å². The number of benzene rings is 1. The van der Waals surface area contributed by atoms with E-state index in [0.29, 0.717) is 19.0 Å². The number of hydrogen-bond acceptors (Lipinski definition) is 5. The maximum Gasteiger partial charge on any atom is 0.291 e. The Balaban J connectivity index is 1.58. The second-order valence-corrected chi connectivity index (χ2v) is 11.4. The number of nitriles is 1. The molecule has 1 aromatic heterocycles. The maximum absolute atomic E-state index is 12.9. The number of H-pyrrole nitrogens is 1. The monoisotopic (exact) mass is 488 g/mol. The molecule has 4 rings (SSSR count). The van der Waals surface area contributed by atoms with Crippen molar-refractivity contribution >= 4 is 23.1 Å². The summed E-state index contributed by atoms with van der Waals surface area (Å²) in [7, 11) is 0. The van der Waals surface area contributed by atoms with Crippen LogP contribution in [0.2, 0.25) is 0 Å². The standard InChI is InChI=1S/C28H36N6O2/c1-27(2)11-7-19(8-12-27)22-15-20(18-9-13-34(14-10-18)26(36)28(3,4)30)5-6-23(22)33-25(35)24-31-17-21(16-29)32-24/h5-7,15,17-18H,8-14,30H2,1-4H3,(H,31,32)(H,33,35). The quantitative estimate of drug-likeness (QED) is 0.568. The van der Waals surface area contributed by atoms with Crippen LogP contribution in [0.5, 0.6) is 0 Å². The van der Waals surface area contributed by atoms with Gasteiger partial charge in [-0.3, -0.25) is 9.59 Å².